The lowest BCUT2D eigenvalue weighted by Gasteiger charge is -2.14. The first-order valence-corrected chi connectivity index (χ1v) is 11.5. The molecule has 0 aliphatic carbocycles. The first kappa shape index (κ1) is 22.0. The second-order valence-corrected chi connectivity index (χ2v) is 9.16. The van der Waals surface area contributed by atoms with Gasteiger partial charge in [0.2, 0.25) is 5.91 Å². The molecule has 1 aliphatic rings. The van der Waals surface area contributed by atoms with Gasteiger partial charge in [-0.3, -0.25) is 14.5 Å². The number of hydrogen-bond donors (Lipinski definition) is 1. The van der Waals surface area contributed by atoms with Gasteiger partial charge in [0.25, 0.3) is 5.91 Å². The maximum atomic E-state index is 12.7. The second-order valence-electron chi connectivity index (χ2n) is 7.49. The van der Waals surface area contributed by atoms with Crippen LogP contribution in [-0.4, -0.2) is 27.6 Å². The summed E-state index contributed by atoms with van der Waals surface area (Å²) in [6, 6.07) is 25.7. The molecule has 1 fully saturated rings. The first-order valence-electron chi connectivity index (χ1n) is 10.3. The minimum Gasteiger partial charge on any atom is -0.326 e. The highest BCUT2D eigenvalue weighted by Gasteiger charge is 2.32. The molecule has 32 heavy (non-hydrogen) atoms. The smallest absolute Gasteiger partial charge is 0.266 e. The molecule has 1 heterocycles. The first-order chi connectivity index (χ1) is 15.5. The van der Waals surface area contributed by atoms with Gasteiger partial charge in [0.05, 0.1) is 4.91 Å². The van der Waals surface area contributed by atoms with Crippen molar-refractivity contribution in [3.8, 4) is 11.1 Å². The van der Waals surface area contributed by atoms with Crippen molar-refractivity contribution >= 4 is 51.9 Å². The van der Waals surface area contributed by atoms with Crippen LogP contribution in [0.5, 0.6) is 0 Å². The Morgan fingerprint density at radius 3 is 2.31 bits per heavy atom. The molecule has 4 rings (SSSR count). The molecule has 2 amide bonds. The van der Waals surface area contributed by atoms with Crippen molar-refractivity contribution in [3.05, 3.63) is 94.9 Å². The molecule has 1 aliphatic heterocycles. The number of benzene rings is 3. The molecular formula is C26H22N2O2S2. The Morgan fingerprint density at radius 2 is 1.62 bits per heavy atom. The number of thioether (sulfide) groups is 1. The van der Waals surface area contributed by atoms with Crippen molar-refractivity contribution in [3.63, 3.8) is 0 Å². The number of carbonyl (C=O) groups excluding carboxylic acids is 2. The van der Waals surface area contributed by atoms with Gasteiger partial charge in [0.15, 0.2) is 0 Å². The fourth-order valence-electron chi connectivity index (χ4n) is 3.32. The monoisotopic (exact) mass is 458 g/mol. The zero-order valence-electron chi connectivity index (χ0n) is 17.6. The normalized spacial score (nSPS) is 14.8. The van der Waals surface area contributed by atoms with Gasteiger partial charge in [-0.25, -0.2) is 0 Å². The molecule has 0 bridgehead atoms. The van der Waals surface area contributed by atoms with E-state index in [1.165, 1.54) is 16.7 Å². The Balaban J connectivity index is 1.33. The van der Waals surface area contributed by atoms with E-state index in [2.05, 4.69) is 5.32 Å². The van der Waals surface area contributed by atoms with Gasteiger partial charge in [0.1, 0.15) is 4.32 Å². The summed E-state index contributed by atoms with van der Waals surface area (Å²) in [4.78, 5) is 27.3. The summed E-state index contributed by atoms with van der Waals surface area (Å²) in [5, 5.41) is 2.89. The number of anilines is 1. The van der Waals surface area contributed by atoms with Crippen LogP contribution < -0.4 is 5.32 Å². The molecule has 3 aromatic carbocycles. The fraction of sp³-hybridized carbons (Fsp3) is 0.115. The van der Waals surface area contributed by atoms with E-state index in [9.17, 15) is 9.59 Å². The molecule has 0 aromatic heterocycles. The molecule has 3 aromatic rings. The maximum absolute atomic E-state index is 12.7. The number of thiocarbonyl (C=S) groups is 1. The number of carbonyl (C=O) groups is 2. The molecule has 160 valence electrons. The molecule has 0 saturated carbocycles. The van der Waals surface area contributed by atoms with Crippen LogP contribution in [0.25, 0.3) is 17.2 Å². The molecule has 0 spiro atoms. The van der Waals surface area contributed by atoms with Gasteiger partial charge in [-0.05, 0) is 41.8 Å². The number of nitrogens with one attached hydrogen (secondary N) is 1. The highest BCUT2D eigenvalue weighted by atomic mass is 32.2. The summed E-state index contributed by atoms with van der Waals surface area (Å²) < 4.78 is 0.480. The van der Waals surface area contributed by atoms with Crippen LogP contribution in [0.4, 0.5) is 5.69 Å². The van der Waals surface area contributed by atoms with Gasteiger partial charge >= 0.3 is 0 Å². The van der Waals surface area contributed by atoms with Crippen LogP contribution in [0.15, 0.2) is 83.8 Å². The largest absolute Gasteiger partial charge is 0.326 e. The van der Waals surface area contributed by atoms with Gasteiger partial charge in [-0.15, -0.1) is 0 Å². The maximum Gasteiger partial charge on any atom is 0.266 e. The average molecular weight is 459 g/mol. The van der Waals surface area contributed by atoms with Crippen LogP contribution in [0.3, 0.4) is 0 Å². The molecule has 6 heteroatoms. The Morgan fingerprint density at radius 1 is 0.969 bits per heavy atom. The van der Waals surface area contributed by atoms with Gasteiger partial charge in [-0.1, -0.05) is 96.3 Å². The molecule has 0 atom stereocenters. The Labute approximate surface area is 197 Å². The Kier molecular flexibility index (Phi) is 6.83. The number of hydrogen-bond acceptors (Lipinski definition) is 4. The van der Waals surface area contributed by atoms with Crippen LogP contribution >= 0.6 is 24.0 Å². The second kappa shape index (κ2) is 9.94. The van der Waals surface area contributed by atoms with Crippen molar-refractivity contribution in [1.29, 1.82) is 0 Å². The van der Waals surface area contributed by atoms with Crippen LogP contribution in [0.2, 0.25) is 0 Å². The van der Waals surface area contributed by atoms with E-state index in [1.807, 2.05) is 91.9 Å². The van der Waals surface area contributed by atoms with E-state index in [-0.39, 0.29) is 24.8 Å². The Bertz CT molecular complexity index is 1170. The van der Waals surface area contributed by atoms with E-state index in [4.69, 9.17) is 12.2 Å². The van der Waals surface area contributed by atoms with E-state index >= 15 is 0 Å². The summed E-state index contributed by atoms with van der Waals surface area (Å²) in [5.74, 6) is -0.311. The van der Waals surface area contributed by atoms with Crippen LogP contribution in [0, 0.1) is 6.92 Å². The Hall–Kier alpha value is -3.22. The van der Waals surface area contributed by atoms with Gasteiger partial charge in [0, 0.05) is 18.7 Å². The van der Waals surface area contributed by atoms with Crippen molar-refractivity contribution in [2.75, 3.05) is 11.9 Å². The third-order valence-electron chi connectivity index (χ3n) is 5.09. The number of aryl methyl sites for hydroxylation is 1. The van der Waals surface area contributed by atoms with Gasteiger partial charge in [-0.2, -0.15) is 0 Å². The average Bonchev–Trinajstić information content (AvgIpc) is 3.07. The number of amides is 2. The van der Waals surface area contributed by atoms with E-state index in [0.717, 1.165) is 27.9 Å². The zero-order chi connectivity index (χ0) is 22.5. The summed E-state index contributed by atoms with van der Waals surface area (Å²) in [7, 11) is 0. The fourth-order valence-corrected chi connectivity index (χ4v) is 4.63. The van der Waals surface area contributed by atoms with Crippen molar-refractivity contribution in [1.82, 2.24) is 4.90 Å². The summed E-state index contributed by atoms with van der Waals surface area (Å²) >= 11 is 6.64. The number of nitrogens with zero attached hydrogens (tertiary/aromatic N) is 1. The van der Waals surface area contributed by atoms with Crippen LogP contribution in [0.1, 0.15) is 17.5 Å². The van der Waals surface area contributed by atoms with E-state index < -0.39 is 0 Å². The van der Waals surface area contributed by atoms with Crippen LogP contribution in [-0.2, 0) is 9.59 Å². The highest BCUT2D eigenvalue weighted by Crippen LogP contribution is 2.32. The molecule has 0 radical (unpaired) electrons. The summed E-state index contributed by atoms with van der Waals surface area (Å²) in [6.07, 6.45) is 2.01. The van der Waals surface area contributed by atoms with Crippen molar-refractivity contribution in [2.24, 2.45) is 0 Å². The zero-order valence-corrected chi connectivity index (χ0v) is 19.2. The SMILES string of the molecule is Cc1ccc(/C=C2/SC(=S)N(CCC(=O)Nc3ccc(-c4ccccc4)cc3)C2=O)cc1. The number of rotatable bonds is 6. The third kappa shape index (κ3) is 5.33. The molecule has 1 saturated heterocycles. The lowest BCUT2D eigenvalue weighted by molar-refractivity contribution is -0.122. The minimum absolute atomic E-state index is 0.152. The molecule has 4 nitrogen and oxygen atoms in total. The predicted octanol–water partition coefficient (Wildman–Crippen LogP) is 5.89. The molecule has 1 N–H and O–H groups in total. The third-order valence-corrected chi connectivity index (χ3v) is 6.46. The standard InChI is InChI=1S/C26H22N2O2S2/c1-18-7-9-19(10-8-18)17-23-25(30)28(26(31)32-23)16-15-24(29)27-22-13-11-21(12-14-22)20-5-3-2-4-6-20/h2-14,17H,15-16H2,1H3,(H,27,29)/b23-17+. The van der Waals surface area contributed by atoms with Gasteiger partial charge < -0.3 is 5.32 Å². The lowest BCUT2D eigenvalue weighted by atomic mass is 10.1. The van der Waals surface area contributed by atoms with Crippen molar-refractivity contribution in [2.45, 2.75) is 13.3 Å². The molecular weight excluding hydrogens is 436 g/mol. The quantitative estimate of drug-likeness (QED) is 0.370. The topological polar surface area (TPSA) is 49.4 Å². The minimum atomic E-state index is -0.158. The molecule has 0 unspecified atom stereocenters. The summed E-state index contributed by atoms with van der Waals surface area (Å²) in [6.45, 7) is 2.27. The lowest BCUT2D eigenvalue weighted by Crippen LogP contribution is -2.31. The predicted molar refractivity (Wildman–Crippen MR) is 136 cm³/mol. The summed E-state index contributed by atoms with van der Waals surface area (Å²) in [5.41, 5.74) is 5.04. The van der Waals surface area contributed by atoms with E-state index in [0.29, 0.717) is 9.23 Å². The van der Waals surface area contributed by atoms with Crippen molar-refractivity contribution < 1.29 is 9.59 Å². The highest BCUT2D eigenvalue weighted by molar-refractivity contribution is 8.26. The van der Waals surface area contributed by atoms with E-state index in [1.54, 1.807) is 0 Å².